The van der Waals surface area contributed by atoms with Crippen molar-refractivity contribution >= 4 is 33.2 Å². The molecule has 1 aliphatic heterocycles. The third kappa shape index (κ3) is 6.71. The van der Waals surface area contributed by atoms with Crippen LogP contribution in [0.3, 0.4) is 0 Å². The molecule has 56 heavy (non-hydrogen) atoms. The molecule has 280 valence electrons. The van der Waals surface area contributed by atoms with E-state index >= 15 is 0 Å². The molecule has 1 aliphatic rings. The Hall–Kier alpha value is -5.90. The zero-order chi connectivity index (χ0) is 37.6. The summed E-state index contributed by atoms with van der Waals surface area (Å²) in [4.78, 5) is 9.14. The van der Waals surface area contributed by atoms with E-state index in [-0.39, 0.29) is 31.9 Å². The van der Waals surface area contributed by atoms with Crippen molar-refractivity contribution in [1.29, 1.82) is 0 Å². The summed E-state index contributed by atoms with van der Waals surface area (Å²) in [6.45, 7) is 11.2. The van der Waals surface area contributed by atoms with Crippen LogP contribution in [0.2, 0.25) is 0 Å². The Labute approximate surface area is 343 Å². The summed E-state index contributed by atoms with van der Waals surface area (Å²) >= 11 is 0. The minimum atomic E-state index is -0.211. The van der Waals surface area contributed by atoms with Crippen molar-refractivity contribution in [3.63, 3.8) is 0 Å². The number of benzene rings is 6. The predicted octanol–water partition coefficient (Wildman–Crippen LogP) is 12.1. The minimum Gasteiger partial charge on any atom is -0.509 e. The van der Waals surface area contributed by atoms with Crippen molar-refractivity contribution in [2.75, 3.05) is 9.80 Å². The number of hydrogen-bond acceptors (Lipinski definition) is 4. The predicted molar refractivity (Wildman–Crippen MR) is 225 cm³/mol. The number of nitrogens with zero attached hydrogens (tertiary/aromatic N) is 4. The average molecular weight is 909 g/mol. The quantitative estimate of drug-likeness (QED) is 0.135. The number of para-hydroxylation sites is 2. The van der Waals surface area contributed by atoms with Gasteiger partial charge in [0, 0.05) is 60.8 Å². The van der Waals surface area contributed by atoms with Crippen molar-refractivity contribution in [3.8, 4) is 17.3 Å². The van der Waals surface area contributed by atoms with E-state index in [2.05, 4.69) is 201 Å². The van der Waals surface area contributed by atoms with Crippen LogP contribution >= 0.6 is 0 Å². The molecular weight excluding hydrogens is 868 g/mol. The monoisotopic (exact) mass is 908 g/mol. The minimum absolute atomic E-state index is 0. The molecule has 9 rings (SSSR count). The number of fused-ring (bicyclic) bond motifs is 3. The van der Waals surface area contributed by atoms with Crippen molar-refractivity contribution in [3.05, 3.63) is 211 Å². The van der Waals surface area contributed by atoms with Gasteiger partial charge in [0.15, 0.2) is 0 Å². The maximum absolute atomic E-state index is 6.51. The zero-order valence-corrected chi connectivity index (χ0v) is 34.0. The number of pyridine rings is 1. The van der Waals surface area contributed by atoms with Crippen molar-refractivity contribution in [2.24, 2.45) is 0 Å². The van der Waals surface area contributed by atoms with Crippen LogP contribution in [0.5, 0.6) is 11.5 Å². The van der Waals surface area contributed by atoms with Crippen molar-refractivity contribution in [1.82, 2.24) is 9.55 Å². The van der Waals surface area contributed by atoms with Crippen molar-refractivity contribution < 1.29 is 25.8 Å². The summed E-state index contributed by atoms with van der Waals surface area (Å²) in [5.74, 6) is 2.04. The fourth-order valence-electron chi connectivity index (χ4n) is 7.76. The molecule has 6 heteroatoms. The molecular formula is C50H41N4OPt-3. The first kappa shape index (κ1) is 37.0. The molecule has 0 bridgehead atoms. The average Bonchev–Trinajstić information content (AvgIpc) is 3.85. The molecule has 0 saturated heterocycles. The van der Waals surface area contributed by atoms with Gasteiger partial charge < -0.3 is 19.1 Å². The van der Waals surface area contributed by atoms with E-state index in [4.69, 9.17) is 9.72 Å². The Balaban J connectivity index is 0.00000441. The first-order valence-corrected chi connectivity index (χ1v) is 18.7. The number of anilines is 2. The fourth-order valence-corrected chi connectivity index (χ4v) is 7.76. The topological polar surface area (TPSA) is 33.5 Å². The van der Waals surface area contributed by atoms with Crippen LogP contribution in [0.4, 0.5) is 11.4 Å². The van der Waals surface area contributed by atoms with Crippen LogP contribution in [-0.4, -0.2) is 9.55 Å². The molecule has 6 aromatic carbocycles. The van der Waals surface area contributed by atoms with Gasteiger partial charge in [-0.15, -0.1) is 48.1 Å². The van der Waals surface area contributed by atoms with E-state index in [1.807, 2.05) is 30.5 Å². The third-order valence-electron chi connectivity index (χ3n) is 11.0. The fraction of sp³-hybridized carbons (Fsp3) is 0.120. The SMILES string of the molecule is CC(C)(c1ccccc1)c1ccnc(-n2c3[c-]c(Oc4[c-]c(N5C=CN(c6ccccc6C(C)(C)c6ccccc6)[CH-]5)ccc4)ccc3c3ccccc32)c1.[Pt]. The van der Waals surface area contributed by atoms with E-state index in [0.717, 1.165) is 39.0 Å². The molecule has 2 aromatic heterocycles. The van der Waals surface area contributed by atoms with E-state index in [9.17, 15) is 0 Å². The molecule has 0 unspecified atom stereocenters. The maximum atomic E-state index is 6.51. The Morgan fingerprint density at radius 1 is 0.571 bits per heavy atom. The molecule has 0 N–H and O–H groups in total. The molecule has 5 nitrogen and oxygen atoms in total. The Kier molecular flexibility index (Phi) is 9.90. The largest absolute Gasteiger partial charge is 0.509 e. The molecule has 8 aromatic rings. The Morgan fingerprint density at radius 3 is 2.02 bits per heavy atom. The summed E-state index contributed by atoms with van der Waals surface area (Å²) in [5.41, 5.74) is 8.52. The Bertz CT molecular complexity index is 2680. The van der Waals surface area contributed by atoms with Gasteiger partial charge in [-0.25, -0.2) is 4.98 Å². The second-order valence-electron chi connectivity index (χ2n) is 15.1. The first-order valence-electron chi connectivity index (χ1n) is 18.7. The van der Waals surface area contributed by atoms with Crippen LogP contribution in [0, 0.1) is 18.8 Å². The summed E-state index contributed by atoms with van der Waals surface area (Å²) in [6, 6.07) is 59.8. The number of hydrogen-bond donors (Lipinski definition) is 0. The summed E-state index contributed by atoms with van der Waals surface area (Å²) in [6.07, 6.45) is 6.05. The summed E-state index contributed by atoms with van der Waals surface area (Å²) in [5, 5.41) is 2.22. The van der Waals surface area contributed by atoms with E-state index < -0.39 is 0 Å². The molecule has 0 atom stereocenters. The molecule has 0 amide bonds. The standard InChI is InChI=1S/C50H41N4O.Pt/c1-49(2,36-16-7-5-8-17-36)38-28-29-51-48(32-38)54-45-24-13-11-22-42(45)43-27-26-41(34-47(43)54)55-40-21-15-20-39(33-40)52-30-31-53(35-52)46-25-14-12-23-44(46)50(3,4)37-18-9-6-10-19-37;/h5-32,35H,1-4H3;/q-3;. The number of ether oxygens (including phenoxy) is 1. The summed E-state index contributed by atoms with van der Waals surface area (Å²) in [7, 11) is 0. The molecule has 0 radical (unpaired) electrons. The van der Waals surface area contributed by atoms with E-state index in [0.29, 0.717) is 11.5 Å². The smallest absolute Gasteiger partial charge is 0.135 e. The van der Waals surface area contributed by atoms with Gasteiger partial charge in [0.2, 0.25) is 0 Å². The molecule has 3 heterocycles. The number of rotatable bonds is 9. The second-order valence-corrected chi connectivity index (χ2v) is 15.1. The van der Waals surface area contributed by atoms with Gasteiger partial charge in [-0.1, -0.05) is 130 Å². The molecule has 0 spiro atoms. The van der Waals surface area contributed by atoms with Gasteiger partial charge in [-0.3, -0.25) is 0 Å². The van der Waals surface area contributed by atoms with E-state index in [1.54, 1.807) is 0 Å². The van der Waals surface area contributed by atoms with Crippen LogP contribution in [-0.2, 0) is 31.9 Å². The zero-order valence-electron chi connectivity index (χ0n) is 31.8. The second kappa shape index (κ2) is 15.0. The Morgan fingerprint density at radius 2 is 1.23 bits per heavy atom. The number of aromatic nitrogens is 2. The summed E-state index contributed by atoms with van der Waals surface area (Å²) < 4.78 is 8.70. The normalized spacial score (nSPS) is 13.0. The van der Waals surface area contributed by atoms with Gasteiger partial charge in [0.25, 0.3) is 0 Å². The van der Waals surface area contributed by atoms with Crippen LogP contribution < -0.4 is 14.5 Å². The van der Waals surface area contributed by atoms with Gasteiger partial charge in [0.1, 0.15) is 5.82 Å². The van der Waals surface area contributed by atoms with Gasteiger partial charge in [-0.05, 0) is 64.3 Å². The van der Waals surface area contributed by atoms with E-state index in [1.165, 1.54) is 22.3 Å². The van der Waals surface area contributed by atoms with Crippen molar-refractivity contribution in [2.45, 2.75) is 38.5 Å². The first-order chi connectivity index (χ1) is 26.8. The van der Waals surface area contributed by atoms with Gasteiger partial charge in [0.05, 0.1) is 0 Å². The third-order valence-corrected chi connectivity index (χ3v) is 11.0. The molecule has 0 saturated carbocycles. The molecule has 0 fully saturated rings. The van der Waals surface area contributed by atoms with Crippen LogP contribution in [0.15, 0.2) is 170 Å². The molecule has 0 aliphatic carbocycles. The van der Waals surface area contributed by atoms with Gasteiger partial charge in [-0.2, -0.15) is 12.1 Å². The van der Waals surface area contributed by atoms with Crippen LogP contribution in [0.1, 0.15) is 49.9 Å². The maximum Gasteiger partial charge on any atom is 0.135 e. The van der Waals surface area contributed by atoms with Gasteiger partial charge >= 0.3 is 0 Å². The van der Waals surface area contributed by atoms with Crippen LogP contribution in [0.25, 0.3) is 27.6 Å².